The first kappa shape index (κ1) is 13.2. The third-order valence-electron chi connectivity index (χ3n) is 1.88. The molecule has 4 nitrogen and oxygen atoms in total. The SMILES string of the molecule is CCS(=O)(=O)NCc1sccc1C#CCO. The molecule has 0 aliphatic rings. The van der Waals surface area contributed by atoms with Crippen molar-refractivity contribution < 1.29 is 13.5 Å². The zero-order chi connectivity index (χ0) is 12.0. The standard InChI is InChI=1S/C10H13NO3S2/c1-2-16(13,14)11-8-10-9(4-3-6-12)5-7-15-10/h5,7,11-12H,2,6,8H2,1H3. The van der Waals surface area contributed by atoms with Crippen LogP contribution in [0.4, 0.5) is 0 Å². The van der Waals surface area contributed by atoms with Crippen LogP contribution in [0.2, 0.25) is 0 Å². The zero-order valence-electron chi connectivity index (χ0n) is 8.86. The number of nitrogens with one attached hydrogen (secondary N) is 1. The normalized spacial score (nSPS) is 10.9. The van der Waals surface area contributed by atoms with Crippen LogP contribution in [0.15, 0.2) is 11.4 Å². The lowest BCUT2D eigenvalue weighted by Crippen LogP contribution is -2.24. The first-order chi connectivity index (χ1) is 7.59. The van der Waals surface area contributed by atoms with Crippen LogP contribution in [-0.4, -0.2) is 25.9 Å². The van der Waals surface area contributed by atoms with Crippen LogP contribution >= 0.6 is 11.3 Å². The van der Waals surface area contributed by atoms with Crippen molar-refractivity contribution in [3.05, 3.63) is 21.9 Å². The summed E-state index contributed by atoms with van der Waals surface area (Å²) in [5.41, 5.74) is 0.762. The lowest BCUT2D eigenvalue weighted by Gasteiger charge is -2.02. The maximum Gasteiger partial charge on any atom is 0.211 e. The molecule has 1 rings (SSSR count). The van der Waals surface area contributed by atoms with E-state index in [-0.39, 0.29) is 18.9 Å². The Morgan fingerprint density at radius 2 is 2.31 bits per heavy atom. The molecule has 88 valence electrons. The number of hydrogen-bond acceptors (Lipinski definition) is 4. The second-order valence-electron chi connectivity index (χ2n) is 2.94. The van der Waals surface area contributed by atoms with Crippen molar-refractivity contribution in [1.29, 1.82) is 0 Å². The summed E-state index contributed by atoms with van der Waals surface area (Å²) in [4.78, 5) is 0.859. The number of aliphatic hydroxyl groups excluding tert-OH is 1. The molecular weight excluding hydrogens is 246 g/mol. The quantitative estimate of drug-likeness (QED) is 0.775. The molecule has 1 aromatic heterocycles. The van der Waals surface area contributed by atoms with Gasteiger partial charge in [-0.15, -0.1) is 11.3 Å². The van der Waals surface area contributed by atoms with Crippen molar-refractivity contribution in [2.24, 2.45) is 0 Å². The van der Waals surface area contributed by atoms with Crippen LogP contribution in [0.1, 0.15) is 17.4 Å². The molecule has 0 saturated carbocycles. The molecule has 0 saturated heterocycles. The topological polar surface area (TPSA) is 66.4 Å². The van der Waals surface area contributed by atoms with E-state index in [1.54, 1.807) is 6.92 Å². The fraction of sp³-hybridized carbons (Fsp3) is 0.400. The molecule has 0 spiro atoms. The van der Waals surface area contributed by atoms with Crippen LogP contribution in [0, 0.1) is 11.8 Å². The van der Waals surface area contributed by atoms with Gasteiger partial charge in [0.15, 0.2) is 0 Å². The lowest BCUT2D eigenvalue weighted by molar-refractivity contribution is 0.350. The van der Waals surface area contributed by atoms with Crippen LogP contribution in [-0.2, 0) is 16.6 Å². The van der Waals surface area contributed by atoms with Gasteiger partial charge in [0.05, 0.1) is 5.75 Å². The van der Waals surface area contributed by atoms with E-state index in [4.69, 9.17) is 5.11 Å². The summed E-state index contributed by atoms with van der Waals surface area (Å²) in [7, 11) is -3.17. The second kappa shape index (κ2) is 6.01. The van der Waals surface area contributed by atoms with Gasteiger partial charge in [0.25, 0.3) is 0 Å². The van der Waals surface area contributed by atoms with Gasteiger partial charge < -0.3 is 5.11 Å². The van der Waals surface area contributed by atoms with E-state index in [0.29, 0.717) is 0 Å². The Bertz CT molecular complexity index is 494. The summed E-state index contributed by atoms with van der Waals surface area (Å²) in [6, 6.07) is 1.81. The average Bonchev–Trinajstić information content (AvgIpc) is 2.71. The highest BCUT2D eigenvalue weighted by Crippen LogP contribution is 2.15. The largest absolute Gasteiger partial charge is 0.384 e. The van der Waals surface area contributed by atoms with Gasteiger partial charge in [-0.2, -0.15) is 0 Å². The summed E-state index contributed by atoms with van der Waals surface area (Å²) in [6.07, 6.45) is 0. The smallest absolute Gasteiger partial charge is 0.211 e. The molecule has 0 aliphatic carbocycles. The Balaban J connectivity index is 2.72. The number of rotatable bonds is 4. The Kier molecular flexibility index (Phi) is 4.96. The molecule has 0 radical (unpaired) electrons. The van der Waals surface area contributed by atoms with Gasteiger partial charge in [0.1, 0.15) is 6.61 Å². The van der Waals surface area contributed by atoms with Gasteiger partial charge in [-0.1, -0.05) is 11.8 Å². The summed E-state index contributed by atoms with van der Waals surface area (Å²) >= 11 is 1.44. The number of aliphatic hydroxyl groups is 1. The first-order valence-electron chi connectivity index (χ1n) is 4.72. The number of hydrogen-bond donors (Lipinski definition) is 2. The molecule has 0 amide bonds. The van der Waals surface area contributed by atoms with E-state index in [1.807, 2.05) is 11.4 Å². The van der Waals surface area contributed by atoms with Crippen molar-refractivity contribution in [1.82, 2.24) is 4.72 Å². The predicted octanol–water partition coefficient (Wildman–Crippen LogP) is 0.531. The fourth-order valence-corrected chi connectivity index (χ4v) is 2.43. The molecule has 0 atom stereocenters. The molecule has 0 aliphatic heterocycles. The lowest BCUT2D eigenvalue weighted by atomic mass is 10.2. The van der Waals surface area contributed by atoms with Crippen molar-refractivity contribution >= 4 is 21.4 Å². The van der Waals surface area contributed by atoms with Gasteiger partial charge in [0, 0.05) is 17.0 Å². The van der Waals surface area contributed by atoms with Crippen LogP contribution < -0.4 is 4.72 Å². The summed E-state index contributed by atoms with van der Waals surface area (Å²) in [6.45, 7) is 1.64. The van der Waals surface area contributed by atoms with Crippen LogP contribution in [0.3, 0.4) is 0 Å². The Labute approximate surface area is 99.4 Å². The zero-order valence-corrected chi connectivity index (χ0v) is 10.5. The molecule has 2 N–H and O–H groups in total. The van der Waals surface area contributed by atoms with Gasteiger partial charge in [-0.3, -0.25) is 0 Å². The van der Waals surface area contributed by atoms with Crippen LogP contribution in [0.5, 0.6) is 0 Å². The third-order valence-corrected chi connectivity index (χ3v) is 4.15. The highest BCUT2D eigenvalue weighted by Gasteiger charge is 2.08. The number of sulfonamides is 1. The molecule has 16 heavy (non-hydrogen) atoms. The highest BCUT2D eigenvalue weighted by molar-refractivity contribution is 7.89. The van der Waals surface area contributed by atoms with Crippen molar-refractivity contribution in [2.45, 2.75) is 13.5 Å². The molecule has 6 heteroatoms. The first-order valence-corrected chi connectivity index (χ1v) is 7.25. The number of thiophene rings is 1. The maximum atomic E-state index is 11.2. The molecule has 0 unspecified atom stereocenters. The second-order valence-corrected chi connectivity index (χ2v) is 6.04. The molecule has 1 aromatic rings. The fourth-order valence-electron chi connectivity index (χ4n) is 1.00. The summed E-state index contributed by atoms with van der Waals surface area (Å²) in [5.74, 6) is 5.38. The van der Waals surface area contributed by atoms with E-state index in [2.05, 4.69) is 16.6 Å². The minimum absolute atomic E-state index is 0.0655. The Morgan fingerprint density at radius 3 is 2.94 bits per heavy atom. The van der Waals surface area contributed by atoms with Crippen LogP contribution in [0.25, 0.3) is 0 Å². The monoisotopic (exact) mass is 259 g/mol. The highest BCUT2D eigenvalue weighted by atomic mass is 32.2. The van der Waals surface area contributed by atoms with Gasteiger partial charge >= 0.3 is 0 Å². The third kappa shape index (κ3) is 3.94. The van der Waals surface area contributed by atoms with Gasteiger partial charge in [-0.05, 0) is 18.4 Å². The predicted molar refractivity (Wildman–Crippen MR) is 64.6 cm³/mol. The van der Waals surface area contributed by atoms with Gasteiger partial charge in [0.2, 0.25) is 10.0 Å². The van der Waals surface area contributed by atoms with E-state index in [0.717, 1.165) is 10.4 Å². The van der Waals surface area contributed by atoms with E-state index >= 15 is 0 Å². The molecule has 0 aromatic carbocycles. The molecule has 1 heterocycles. The molecule has 0 fully saturated rings. The Morgan fingerprint density at radius 1 is 1.56 bits per heavy atom. The van der Waals surface area contributed by atoms with Crippen molar-refractivity contribution in [2.75, 3.05) is 12.4 Å². The minimum Gasteiger partial charge on any atom is -0.384 e. The van der Waals surface area contributed by atoms with Gasteiger partial charge in [-0.25, -0.2) is 13.1 Å². The molecule has 0 bridgehead atoms. The maximum absolute atomic E-state index is 11.2. The summed E-state index contributed by atoms with van der Waals surface area (Å²) in [5, 5.41) is 10.4. The van der Waals surface area contributed by atoms with Crippen molar-refractivity contribution in [3.63, 3.8) is 0 Å². The van der Waals surface area contributed by atoms with E-state index < -0.39 is 10.0 Å². The van der Waals surface area contributed by atoms with Crippen molar-refractivity contribution in [3.8, 4) is 11.8 Å². The average molecular weight is 259 g/mol. The Hall–Kier alpha value is -0.870. The minimum atomic E-state index is -3.17. The van der Waals surface area contributed by atoms with E-state index in [1.165, 1.54) is 11.3 Å². The molecular formula is C10H13NO3S2. The summed E-state index contributed by atoms with van der Waals surface area (Å²) < 4.78 is 25.0. The van der Waals surface area contributed by atoms with E-state index in [9.17, 15) is 8.42 Å².